The Hall–Kier alpha value is -1.55. The molecule has 2 heterocycles. The zero-order valence-electron chi connectivity index (χ0n) is 12.2. The lowest BCUT2D eigenvalue weighted by Crippen LogP contribution is -2.34. The van der Waals surface area contributed by atoms with Crippen molar-refractivity contribution in [3.05, 3.63) is 30.3 Å². The molecule has 0 radical (unpaired) electrons. The fourth-order valence-corrected chi connectivity index (χ4v) is 3.10. The molecule has 0 aromatic heterocycles. The SMILES string of the molecule is CC1(C)CCN(C[C@@H]2CN(c3ccccc3)C(=O)O2)C1. The van der Waals surface area contributed by atoms with E-state index >= 15 is 0 Å². The first-order valence-electron chi connectivity index (χ1n) is 7.29. The molecule has 0 unspecified atom stereocenters. The molecule has 1 atom stereocenters. The molecule has 4 heteroatoms. The largest absolute Gasteiger partial charge is 0.443 e. The first kappa shape index (κ1) is 13.4. The summed E-state index contributed by atoms with van der Waals surface area (Å²) in [4.78, 5) is 16.1. The van der Waals surface area contributed by atoms with Crippen LogP contribution in [0, 0.1) is 5.41 Å². The van der Waals surface area contributed by atoms with Crippen LogP contribution >= 0.6 is 0 Å². The molecule has 108 valence electrons. The van der Waals surface area contributed by atoms with Crippen LogP contribution in [-0.2, 0) is 4.74 Å². The monoisotopic (exact) mass is 274 g/mol. The van der Waals surface area contributed by atoms with E-state index in [0.717, 1.165) is 25.3 Å². The Bertz CT molecular complexity index is 487. The van der Waals surface area contributed by atoms with E-state index in [2.05, 4.69) is 18.7 Å². The molecule has 2 saturated heterocycles. The molecule has 1 aromatic rings. The smallest absolute Gasteiger partial charge is 0.414 e. The van der Waals surface area contributed by atoms with Crippen LogP contribution in [-0.4, -0.2) is 43.3 Å². The van der Waals surface area contributed by atoms with Crippen molar-refractivity contribution in [3.8, 4) is 0 Å². The van der Waals surface area contributed by atoms with Gasteiger partial charge in [0.05, 0.1) is 6.54 Å². The van der Waals surface area contributed by atoms with E-state index in [9.17, 15) is 4.79 Å². The Kier molecular flexibility index (Phi) is 3.42. The minimum absolute atomic E-state index is 0.0170. The number of carbonyl (C=O) groups excluding carboxylic acids is 1. The van der Waals surface area contributed by atoms with Crippen molar-refractivity contribution in [1.29, 1.82) is 0 Å². The minimum Gasteiger partial charge on any atom is -0.443 e. The molecule has 20 heavy (non-hydrogen) atoms. The van der Waals surface area contributed by atoms with E-state index in [4.69, 9.17) is 4.74 Å². The Morgan fingerprint density at radius 2 is 2.05 bits per heavy atom. The van der Waals surface area contributed by atoms with Crippen LogP contribution in [0.2, 0.25) is 0 Å². The predicted octanol–water partition coefficient (Wildman–Crippen LogP) is 2.74. The summed E-state index contributed by atoms with van der Waals surface area (Å²) in [5.74, 6) is 0. The number of hydrogen-bond acceptors (Lipinski definition) is 3. The molecule has 0 aliphatic carbocycles. The van der Waals surface area contributed by atoms with Gasteiger partial charge in [-0.2, -0.15) is 0 Å². The fraction of sp³-hybridized carbons (Fsp3) is 0.562. The van der Waals surface area contributed by atoms with Crippen LogP contribution in [0.5, 0.6) is 0 Å². The highest BCUT2D eigenvalue weighted by atomic mass is 16.6. The molecular formula is C16H22N2O2. The van der Waals surface area contributed by atoms with Gasteiger partial charge in [-0.1, -0.05) is 32.0 Å². The molecule has 2 aliphatic heterocycles. The zero-order valence-corrected chi connectivity index (χ0v) is 12.2. The van der Waals surface area contributed by atoms with Crippen LogP contribution in [0.3, 0.4) is 0 Å². The Morgan fingerprint density at radius 3 is 2.70 bits per heavy atom. The third kappa shape index (κ3) is 2.80. The van der Waals surface area contributed by atoms with Gasteiger partial charge in [-0.15, -0.1) is 0 Å². The van der Waals surface area contributed by atoms with Crippen molar-refractivity contribution in [1.82, 2.24) is 4.90 Å². The highest BCUT2D eigenvalue weighted by molar-refractivity contribution is 5.89. The van der Waals surface area contributed by atoms with Gasteiger partial charge in [0.2, 0.25) is 0 Å². The van der Waals surface area contributed by atoms with Crippen molar-refractivity contribution in [2.24, 2.45) is 5.41 Å². The average molecular weight is 274 g/mol. The molecule has 0 saturated carbocycles. The summed E-state index contributed by atoms with van der Waals surface area (Å²) in [7, 11) is 0. The maximum Gasteiger partial charge on any atom is 0.414 e. The number of hydrogen-bond donors (Lipinski definition) is 0. The first-order valence-corrected chi connectivity index (χ1v) is 7.29. The number of ether oxygens (including phenoxy) is 1. The third-order valence-corrected chi connectivity index (χ3v) is 4.16. The van der Waals surface area contributed by atoms with Crippen LogP contribution in [0.1, 0.15) is 20.3 Å². The average Bonchev–Trinajstić information content (AvgIpc) is 2.94. The van der Waals surface area contributed by atoms with Gasteiger partial charge in [-0.3, -0.25) is 9.80 Å². The number of carbonyl (C=O) groups is 1. The summed E-state index contributed by atoms with van der Waals surface area (Å²) in [5.41, 5.74) is 1.31. The number of amides is 1. The van der Waals surface area contributed by atoms with Crippen molar-refractivity contribution < 1.29 is 9.53 Å². The summed E-state index contributed by atoms with van der Waals surface area (Å²) >= 11 is 0. The third-order valence-electron chi connectivity index (χ3n) is 4.16. The molecule has 2 fully saturated rings. The summed E-state index contributed by atoms with van der Waals surface area (Å²) in [6, 6.07) is 9.73. The Balaban J connectivity index is 1.60. The summed E-state index contributed by atoms with van der Waals surface area (Å²) < 4.78 is 5.50. The minimum atomic E-state index is -0.223. The number of anilines is 1. The Labute approximate surface area is 120 Å². The maximum absolute atomic E-state index is 12.0. The van der Waals surface area contributed by atoms with Crippen LogP contribution in [0.25, 0.3) is 0 Å². The van der Waals surface area contributed by atoms with Gasteiger partial charge < -0.3 is 4.74 Å². The lowest BCUT2D eigenvalue weighted by molar-refractivity contribution is 0.113. The highest BCUT2D eigenvalue weighted by Crippen LogP contribution is 2.30. The number of benzene rings is 1. The van der Waals surface area contributed by atoms with E-state index in [-0.39, 0.29) is 12.2 Å². The second kappa shape index (κ2) is 5.09. The molecule has 2 aliphatic rings. The van der Waals surface area contributed by atoms with Gasteiger partial charge in [0.15, 0.2) is 0 Å². The van der Waals surface area contributed by atoms with Crippen LogP contribution in [0.4, 0.5) is 10.5 Å². The van der Waals surface area contributed by atoms with Crippen molar-refractivity contribution in [2.45, 2.75) is 26.4 Å². The van der Waals surface area contributed by atoms with Gasteiger partial charge in [0, 0.05) is 18.8 Å². The van der Waals surface area contributed by atoms with Gasteiger partial charge in [0.1, 0.15) is 6.10 Å². The van der Waals surface area contributed by atoms with Gasteiger partial charge >= 0.3 is 6.09 Å². The van der Waals surface area contributed by atoms with E-state index in [1.807, 2.05) is 30.3 Å². The van der Waals surface area contributed by atoms with E-state index < -0.39 is 0 Å². The van der Waals surface area contributed by atoms with Crippen molar-refractivity contribution in [3.63, 3.8) is 0 Å². The van der Waals surface area contributed by atoms with Crippen LogP contribution < -0.4 is 4.90 Å². The summed E-state index contributed by atoms with van der Waals surface area (Å²) in [5, 5.41) is 0. The fourth-order valence-electron chi connectivity index (χ4n) is 3.10. The van der Waals surface area contributed by atoms with Gasteiger partial charge in [-0.05, 0) is 30.5 Å². The normalized spacial score (nSPS) is 26.0. The van der Waals surface area contributed by atoms with E-state index in [0.29, 0.717) is 12.0 Å². The number of likely N-dealkylation sites (tertiary alicyclic amines) is 1. The molecule has 1 aromatic carbocycles. The number of nitrogens with zero attached hydrogens (tertiary/aromatic N) is 2. The molecule has 3 rings (SSSR count). The standard InChI is InChI=1S/C16H22N2O2/c1-16(2)8-9-17(12-16)10-14-11-18(15(19)20-14)13-6-4-3-5-7-13/h3-7,14H,8-12H2,1-2H3/t14-/m1/s1. The lowest BCUT2D eigenvalue weighted by atomic mass is 9.93. The van der Waals surface area contributed by atoms with Crippen LogP contribution in [0.15, 0.2) is 30.3 Å². The lowest BCUT2D eigenvalue weighted by Gasteiger charge is -2.21. The summed E-state index contributed by atoms with van der Waals surface area (Å²) in [6.45, 7) is 8.28. The second-order valence-corrected chi connectivity index (χ2v) is 6.60. The first-order chi connectivity index (χ1) is 9.53. The zero-order chi connectivity index (χ0) is 14.2. The number of cyclic esters (lactones) is 1. The molecule has 4 nitrogen and oxygen atoms in total. The van der Waals surface area contributed by atoms with Crippen molar-refractivity contribution in [2.75, 3.05) is 31.1 Å². The highest BCUT2D eigenvalue weighted by Gasteiger charge is 2.36. The molecule has 1 amide bonds. The number of para-hydroxylation sites is 1. The quantitative estimate of drug-likeness (QED) is 0.849. The van der Waals surface area contributed by atoms with E-state index in [1.165, 1.54) is 6.42 Å². The topological polar surface area (TPSA) is 32.8 Å². The number of rotatable bonds is 3. The van der Waals surface area contributed by atoms with Crippen molar-refractivity contribution >= 4 is 11.8 Å². The van der Waals surface area contributed by atoms with Gasteiger partial charge in [-0.25, -0.2) is 4.79 Å². The molecule has 0 N–H and O–H groups in total. The molecule has 0 spiro atoms. The van der Waals surface area contributed by atoms with Gasteiger partial charge in [0.25, 0.3) is 0 Å². The predicted molar refractivity (Wildman–Crippen MR) is 78.9 cm³/mol. The summed E-state index contributed by atoms with van der Waals surface area (Å²) in [6.07, 6.45) is 0.979. The molecular weight excluding hydrogens is 252 g/mol. The molecule has 0 bridgehead atoms. The Morgan fingerprint density at radius 1 is 1.30 bits per heavy atom. The second-order valence-electron chi connectivity index (χ2n) is 6.60. The maximum atomic E-state index is 12.0. The van der Waals surface area contributed by atoms with E-state index in [1.54, 1.807) is 4.90 Å².